The van der Waals surface area contributed by atoms with Gasteiger partial charge in [-0.05, 0) is 104 Å². The smallest absolute Gasteiger partial charge is 0.341 e. The van der Waals surface area contributed by atoms with Gasteiger partial charge in [-0.2, -0.15) is 0 Å². The monoisotopic (exact) mass is 1560 g/mol. The van der Waals surface area contributed by atoms with E-state index in [0.717, 1.165) is 129 Å². The molecule has 0 fully saturated rings. The highest BCUT2D eigenvalue weighted by molar-refractivity contribution is 7.99. The molecule has 0 saturated heterocycles. The molecule has 11 aromatic rings. The number of ether oxygens (including phenoxy) is 7. The highest BCUT2D eigenvalue weighted by atomic mass is 35.5. The van der Waals surface area contributed by atoms with Gasteiger partial charge in [0.15, 0.2) is 0 Å². The molecule has 0 unspecified atom stereocenters. The Hall–Kier alpha value is -13.5. The molecular weight excluding hydrogens is 1490 g/mol. The molecule has 17 rings (SSSR count). The van der Waals surface area contributed by atoms with Crippen molar-refractivity contribution in [1.82, 2.24) is 0 Å². The first-order valence-electron chi connectivity index (χ1n) is 35.1. The maximum Gasteiger partial charge on any atom is 0.341 e. The number of methoxy groups -OCH3 is 2. The predicted octanol–water partition coefficient (Wildman–Crippen LogP) is 15.8. The van der Waals surface area contributed by atoms with Gasteiger partial charge >= 0.3 is 41.8 Å². The summed E-state index contributed by atoms with van der Waals surface area (Å²) in [7, 11) is 2.94. The molecule has 0 spiro atoms. The fourth-order valence-electron chi connectivity index (χ4n) is 12.5. The van der Waals surface area contributed by atoms with E-state index >= 15 is 0 Å². The molecule has 0 aliphatic carbocycles. The number of halogens is 1. The van der Waals surface area contributed by atoms with E-state index in [1.165, 1.54) is 58.9 Å². The van der Waals surface area contributed by atoms with Gasteiger partial charge in [-0.25, -0.2) is 33.6 Å². The second-order valence-electron chi connectivity index (χ2n) is 25.0. The van der Waals surface area contributed by atoms with Crippen molar-refractivity contribution in [2.24, 2.45) is 30.9 Å². The summed E-state index contributed by atoms with van der Waals surface area (Å²) in [5.74, 6) is 2.03. The number of hydrogen-bond donors (Lipinski definition) is 0. The van der Waals surface area contributed by atoms with E-state index in [2.05, 4.69) is 64.9 Å². The summed E-state index contributed by atoms with van der Waals surface area (Å²) < 4.78 is 37.8. The number of nitrogens with zero attached hydrogens (tertiary/aromatic N) is 6. The molecule has 113 heavy (non-hydrogen) atoms. The second kappa shape index (κ2) is 36.8. The standard InChI is InChI=1S/C16H13NO5.C15H13NO4.C15H13NO3.C15H13NO2S.C14H10ClNO3.C10H9NO3/c1-9(18)22-17-13-8-21-15-12(16(19)20-2)7-10-5-3-4-6-11(10)14(13)15;1-9(17)20-16-13-8-19-14-6-3-10-7-11(18-2)4-5-12(10)15(13)14;1-10(17)19-16-13-8-9-18-14-7-6-11-4-2-3-5-12(11)15(13)14;1-10(17)18-16-13-8-9-19-14-7-6-11-4-2-3-5-12(11)15(13)14;1-8(17)19-16-13-7-18-14-10-5-3-2-4-9(10)12(15)6-11(13)14;1-7(12)14-11-9-6-13-10-5-3-2-4-8(9)10/h3-7H,8H2,1-2H3;3-7H,8H2,1-2H3;2*2-7H,8-9H2,1H3;2-6H,7H2,1H3;2-5H,6H2,1H3/b17-13+;4*16-13+;11-9+. The van der Waals surface area contributed by atoms with Gasteiger partial charge in [0.1, 0.15) is 89.3 Å². The molecule has 0 saturated carbocycles. The molecule has 574 valence electrons. The molecule has 28 heteroatoms. The molecule has 0 aromatic heterocycles. The zero-order valence-electron chi connectivity index (χ0n) is 62.2. The SMILES string of the molecule is CC(=O)O/N=C1\CCOc2ccc3ccccc3c21.CC(=O)O/N=C1\CCSc2ccc3ccccc3c21.CC(=O)O/N=C1\COc2c1cc(Cl)c1ccccc21.CC(=O)O/N=C1\COc2ccccc21.COC(=O)c1cc2ccccc2c2c1OC/C2=N\OC(C)=O.COc1ccc2c3c(ccc2c1)OC/C3=N\OC(C)=O. The largest absolute Gasteiger partial charge is 0.497 e. The van der Waals surface area contributed by atoms with E-state index in [4.69, 9.17) is 64.1 Å². The third-order valence-corrected chi connectivity index (χ3v) is 18.7. The first-order chi connectivity index (χ1) is 54.7. The molecule has 0 atom stereocenters. The Kier molecular flexibility index (Phi) is 25.7. The fourth-order valence-corrected chi connectivity index (χ4v) is 13.9. The first kappa shape index (κ1) is 79.0. The summed E-state index contributed by atoms with van der Waals surface area (Å²) in [6.07, 6.45) is 1.45. The highest BCUT2D eigenvalue weighted by Crippen LogP contribution is 2.42. The van der Waals surface area contributed by atoms with E-state index in [1.54, 1.807) is 19.2 Å². The maximum absolute atomic E-state index is 12.0. The molecule has 6 aliphatic heterocycles. The molecule has 0 N–H and O–H groups in total. The average molecular weight is 1560 g/mol. The van der Waals surface area contributed by atoms with E-state index in [0.29, 0.717) is 71.0 Å². The van der Waals surface area contributed by atoms with Crippen LogP contribution in [0, 0.1) is 0 Å². The Balaban J connectivity index is 0.000000126. The van der Waals surface area contributed by atoms with Crippen molar-refractivity contribution in [2.75, 3.05) is 53.0 Å². The second-order valence-corrected chi connectivity index (χ2v) is 26.6. The van der Waals surface area contributed by atoms with Crippen LogP contribution in [0.4, 0.5) is 0 Å². The molecule has 11 aromatic carbocycles. The van der Waals surface area contributed by atoms with Crippen molar-refractivity contribution in [1.29, 1.82) is 0 Å². The van der Waals surface area contributed by atoms with Gasteiger partial charge in [-0.3, -0.25) is 0 Å². The number of oxime groups is 6. The predicted molar refractivity (Wildman–Crippen MR) is 426 cm³/mol. The number of thioether (sulfide) groups is 1. The van der Waals surface area contributed by atoms with Crippen molar-refractivity contribution in [3.8, 4) is 34.5 Å². The summed E-state index contributed by atoms with van der Waals surface area (Å²) in [5.41, 5.74) is 9.44. The van der Waals surface area contributed by atoms with Gasteiger partial charge in [0, 0.05) is 103 Å². The van der Waals surface area contributed by atoms with Crippen LogP contribution in [0.2, 0.25) is 5.02 Å². The van der Waals surface area contributed by atoms with Crippen LogP contribution in [-0.4, -0.2) is 129 Å². The number of para-hydroxylation sites is 1. The Labute approximate surface area is 655 Å². The number of carbonyl (C=O) groups excluding carboxylic acids is 7. The molecule has 26 nitrogen and oxygen atoms in total. The maximum atomic E-state index is 12.0. The van der Waals surface area contributed by atoms with E-state index < -0.39 is 35.8 Å². The fraction of sp³-hybridized carbons (Fsp3) is 0.188. The zero-order valence-corrected chi connectivity index (χ0v) is 63.8. The normalized spacial score (nSPS) is 15.5. The van der Waals surface area contributed by atoms with Crippen LogP contribution in [0.25, 0.3) is 53.9 Å². The third-order valence-electron chi connectivity index (χ3n) is 17.3. The topological polar surface area (TPSA) is 314 Å². The minimum atomic E-state index is -0.519. The van der Waals surface area contributed by atoms with Crippen LogP contribution in [0.3, 0.4) is 0 Å². The Morgan fingerprint density at radius 3 is 1.42 bits per heavy atom. The van der Waals surface area contributed by atoms with Crippen LogP contribution in [-0.2, 0) is 62.5 Å². The summed E-state index contributed by atoms with van der Waals surface area (Å²) in [6, 6.07) is 60.3. The highest BCUT2D eigenvalue weighted by Gasteiger charge is 2.31. The quantitative estimate of drug-likeness (QED) is 0.0775. The van der Waals surface area contributed by atoms with Crippen molar-refractivity contribution in [2.45, 2.75) is 59.3 Å². The summed E-state index contributed by atoms with van der Waals surface area (Å²) in [6.45, 7) is 9.50. The average Bonchev–Trinajstić information content (AvgIpc) is 1.58. The number of fused-ring (bicyclic) bond motifs is 16. The lowest BCUT2D eigenvalue weighted by atomic mass is 9.97. The Morgan fingerprint density at radius 2 is 0.796 bits per heavy atom. The zero-order chi connectivity index (χ0) is 79.7. The van der Waals surface area contributed by atoms with E-state index in [1.807, 2.05) is 163 Å². The molecular formula is C85H71ClN6O20S. The van der Waals surface area contributed by atoms with Gasteiger partial charge in [0.2, 0.25) is 0 Å². The number of benzene rings is 11. The van der Waals surface area contributed by atoms with Gasteiger partial charge in [-0.15, -0.1) is 11.8 Å². The minimum absolute atomic E-state index is 0.126. The van der Waals surface area contributed by atoms with Crippen molar-refractivity contribution >= 4 is 153 Å². The van der Waals surface area contributed by atoms with Crippen LogP contribution in [0.1, 0.15) is 98.1 Å². The lowest BCUT2D eigenvalue weighted by Crippen LogP contribution is -2.17. The molecule has 6 heterocycles. The van der Waals surface area contributed by atoms with Gasteiger partial charge in [0.25, 0.3) is 0 Å². The van der Waals surface area contributed by atoms with Crippen LogP contribution in [0.5, 0.6) is 34.5 Å². The van der Waals surface area contributed by atoms with E-state index in [-0.39, 0.29) is 19.2 Å². The van der Waals surface area contributed by atoms with Crippen molar-refractivity contribution in [3.05, 3.63) is 232 Å². The number of carbonyl (C=O) groups is 7. The molecule has 0 amide bonds. The van der Waals surface area contributed by atoms with Crippen LogP contribution in [0.15, 0.2) is 224 Å². The van der Waals surface area contributed by atoms with Gasteiger partial charge in [0.05, 0.1) is 43.4 Å². The molecule has 0 bridgehead atoms. The van der Waals surface area contributed by atoms with Gasteiger partial charge in [-0.1, -0.05) is 170 Å². The third kappa shape index (κ3) is 19.0. The minimum Gasteiger partial charge on any atom is -0.497 e. The van der Waals surface area contributed by atoms with Crippen molar-refractivity contribution < 1.29 is 95.7 Å². The van der Waals surface area contributed by atoms with E-state index in [9.17, 15) is 33.6 Å². The number of rotatable bonds is 8. The number of esters is 1. The van der Waals surface area contributed by atoms with Crippen molar-refractivity contribution in [3.63, 3.8) is 0 Å². The Bertz CT molecular complexity index is 5680. The lowest BCUT2D eigenvalue weighted by Gasteiger charge is -2.20. The summed E-state index contributed by atoms with van der Waals surface area (Å²) in [4.78, 5) is 106. The molecule has 0 radical (unpaired) electrons. The van der Waals surface area contributed by atoms with Gasteiger partial charge < -0.3 is 62.2 Å². The first-order valence-corrected chi connectivity index (χ1v) is 36.5. The summed E-state index contributed by atoms with van der Waals surface area (Å²) >= 11 is 8.07. The van der Waals surface area contributed by atoms with Crippen LogP contribution < -0.4 is 28.4 Å². The number of hydrogen-bond acceptors (Lipinski definition) is 27. The Morgan fingerprint density at radius 1 is 0.363 bits per heavy atom. The lowest BCUT2D eigenvalue weighted by molar-refractivity contribution is -0.141. The van der Waals surface area contributed by atoms with Crippen LogP contribution >= 0.6 is 23.4 Å². The summed E-state index contributed by atoms with van der Waals surface area (Å²) in [5, 5.41) is 33.9. The molecule has 6 aliphatic rings.